The van der Waals surface area contributed by atoms with Gasteiger partial charge in [0, 0.05) is 30.5 Å². The third-order valence-electron chi connectivity index (χ3n) is 6.24. The quantitative estimate of drug-likeness (QED) is 0.862. The van der Waals surface area contributed by atoms with Gasteiger partial charge < -0.3 is 4.90 Å². The zero-order valence-corrected chi connectivity index (χ0v) is 14.5. The largest absolute Gasteiger partial charge is 0.315 e. The molecule has 1 fully saturated rings. The van der Waals surface area contributed by atoms with Crippen LogP contribution < -0.4 is 10.3 Å². The number of carbonyl (C=O) groups excluding carboxylic acids is 2. The van der Waals surface area contributed by atoms with E-state index < -0.39 is 0 Å². The molecule has 2 aliphatic heterocycles. The molecule has 3 aliphatic rings. The van der Waals surface area contributed by atoms with E-state index in [9.17, 15) is 9.59 Å². The topological polar surface area (TPSA) is 61.8 Å². The number of carbonyl (C=O) groups is 2. The minimum absolute atomic E-state index is 0.0000261. The van der Waals surface area contributed by atoms with Crippen LogP contribution in [0, 0.1) is 23.7 Å². The highest BCUT2D eigenvalue weighted by atomic mass is 16.2. The number of anilines is 1. The Morgan fingerprint density at radius 2 is 1.88 bits per heavy atom. The average molecular weight is 325 g/mol. The molecule has 2 amide bonds. The molecule has 1 aliphatic carbocycles. The van der Waals surface area contributed by atoms with Crippen LogP contribution in [-0.2, 0) is 9.59 Å². The monoisotopic (exact) mass is 325 g/mol. The summed E-state index contributed by atoms with van der Waals surface area (Å²) in [7, 11) is 1.86. The van der Waals surface area contributed by atoms with Crippen LogP contribution in [0.1, 0.15) is 44.2 Å². The van der Waals surface area contributed by atoms with Crippen molar-refractivity contribution in [1.29, 1.82) is 0 Å². The van der Waals surface area contributed by atoms with Crippen molar-refractivity contribution in [3.05, 3.63) is 29.3 Å². The van der Waals surface area contributed by atoms with Gasteiger partial charge in [0.15, 0.2) is 0 Å². The number of hydrogen-bond acceptors (Lipinski definition) is 3. The van der Waals surface area contributed by atoms with Gasteiger partial charge in [0.25, 0.3) is 0 Å². The van der Waals surface area contributed by atoms with Gasteiger partial charge >= 0.3 is 0 Å². The number of rotatable bonds is 1. The lowest BCUT2D eigenvalue weighted by Gasteiger charge is -2.22. The lowest BCUT2D eigenvalue weighted by molar-refractivity contribution is -0.123. The first-order chi connectivity index (χ1) is 11.4. The Kier molecular flexibility index (Phi) is 3.31. The SMILES string of the molecule is CC1C(=O)N(C)c2ccc(C3=NNC(=O)C4CC34)cc2C(C)C1C. The predicted octanol–water partition coefficient (Wildman–Crippen LogP) is 2.51. The van der Waals surface area contributed by atoms with Crippen molar-refractivity contribution in [1.82, 2.24) is 5.43 Å². The molecule has 0 bridgehead atoms. The smallest absolute Gasteiger partial charge is 0.243 e. The summed E-state index contributed by atoms with van der Waals surface area (Å²) in [6.45, 7) is 6.36. The van der Waals surface area contributed by atoms with Gasteiger partial charge in [-0.3, -0.25) is 9.59 Å². The maximum atomic E-state index is 12.6. The fraction of sp³-hybridized carbons (Fsp3) is 0.526. The molecule has 0 spiro atoms. The van der Waals surface area contributed by atoms with Crippen molar-refractivity contribution in [3.63, 3.8) is 0 Å². The maximum Gasteiger partial charge on any atom is 0.243 e. The Bertz CT molecular complexity index is 770. The molecule has 1 N–H and O–H groups in total. The van der Waals surface area contributed by atoms with Gasteiger partial charge in [0.1, 0.15) is 0 Å². The molecular weight excluding hydrogens is 302 g/mol. The Morgan fingerprint density at radius 3 is 2.62 bits per heavy atom. The summed E-state index contributed by atoms with van der Waals surface area (Å²) < 4.78 is 0. The van der Waals surface area contributed by atoms with Gasteiger partial charge in [-0.25, -0.2) is 5.43 Å². The third kappa shape index (κ3) is 2.10. The molecule has 5 nitrogen and oxygen atoms in total. The van der Waals surface area contributed by atoms with Crippen molar-refractivity contribution in [2.24, 2.45) is 28.8 Å². The summed E-state index contributed by atoms with van der Waals surface area (Å²) in [5.41, 5.74) is 6.87. The van der Waals surface area contributed by atoms with Crippen LogP contribution in [0.5, 0.6) is 0 Å². The molecule has 5 unspecified atom stereocenters. The molecule has 0 aromatic heterocycles. The molecule has 5 heteroatoms. The zero-order valence-electron chi connectivity index (χ0n) is 14.5. The lowest BCUT2D eigenvalue weighted by atomic mass is 9.81. The molecule has 5 atom stereocenters. The Balaban J connectivity index is 1.78. The summed E-state index contributed by atoms with van der Waals surface area (Å²) in [5, 5.41) is 4.31. The number of hydrazone groups is 1. The van der Waals surface area contributed by atoms with Crippen LogP contribution in [0.25, 0.3) is 0 Å². The van der Waals surface area contributed by atoms with Crippen LogP contribution >= 0.6 is 0 Å². The number of amides is 2. The highest BCUT2D eigenvalue weighted by molar-refractivity contribution is 6.10. The van der Waals surface area contributed by atoms with E-state index in [0.717, 1.165) is 23.4 Å². The standard InChI is InChI=1S/C19H23N3O2/c1-9-10(2)13-7-12(17-14-8-15(14)18(23)21-20-17)5-6-16(13)22(4)19(24)11(9)3/h5-7,9-11,14-15H,8H2,1-4H3,(H,21,23). The highest BCUT2D eigenvalue weighted by Crippen LogP contribution is 2.45. The molecule has 1 aromatic carbocycles. The van der Waals surface area contributed by atoms with E-state index in [-0.39, 0.29) is 41.4 Å². The van der Waals surface area contributed by atoms with E-state index in [1.165, 1.54) is 5.56 Å². The molecule has 2 heterocycles. The predicted molar refractivity (Wildman–Crippen MR) is 92.9 cm³/mol. The number of fused-ring (bicyclic) bond motifs is 2. The second kappa shape index (κ2) is 5.16. The molecule has 4 rings (SSSR count). The molecule has 1 aromatic rings. The van der Waals surface area contributed by atoms with E-state index >= 15 is 0 Å². The summed E-state index contributed by atoms with van der Waals surface area (Å²) in [6.07, 6.45) is 0.892. The lowest BCUT2D eigenvalue weighted by Crippen LogP contribution is -2.32. The molecule has 0 radical (unpaired) electrons. The first-order valence-corrected chi connectivity index (χ1v) is 8.69. The van der Waals surface area contributed by atoms with Crippen molar-refractivity contribution >= 4 is 23.2 Å². The summed E-state index contributed by atoms with van der Waals surface area (Å²) in [5.74, 6) is 1.13. The van der Waals surface area contributed by atoms with E-state index in [1.807, 2.05) is 26.1 Å². The number of nitrogens with zero attached hydrogens (tertiary/aromatic N) is 2. The molecule has 1 saturated carbocycles. The molecule has 126 valence electrons. The van der Waals surface area contributed by atoms with Crippen molar-refractivity contribution in [2.45, 2.75) is 33.1 Å². The average Bonchev–Trinajstić information content (AvgIpc) is 3.39. The van der Waals surface area contributed by atoms with Gasteiger partial charge in [-0.1, -0.05) is 26.8 Å². The van der Waals surface area contributed by atoms with Gasteiger partial charge in [-0.05, 0) is 41.5 Å². The van der Waals surface area contributed by atoms with Crippen LogP contribution in [0.3, 0.4) is 0 Å². The van der Waals surface area contributed by atoms with Crippen LogP contribution in [0.4, 0.5) is 5.69 Å². The second-order valence-corrected chi connectivity index (χ2v) is 7.53. The Hall–Kier alpha value is -2.17. The van der Waals surface area contributed by atoms with Crippen LogP contribution in [0.2, 0.25) is 0 Å². The van der Waals surface area contributed by atoms with E-state index in [0.29, 0.717) is 0 Å². The van der Waals surface area contributed by atoms with Crippen molar-refractivity contribution in [3.8, 4) is 0 Å². The minimum atomic E-state index is -0.0000261. The summed E-state index contributed by atoms with van der Waals surface area (Å²) in [4.78, 5) is 26.0. The van der Waals surface area contributed by atoms with Crippen LogP contribution in [-0.4, -0.2) is 24.6 Å². The minimum Gasteiger partial charge on any atom is -0.315 e. The fourth-order valence-electron chi connectivity index (χ4n) is 4.10. The number of nitrogens with one attached hydrogen (secondary N) is 1. The van der Waals surface area contributed by atoms with E-state index in [2.05, 4.69) is 30.4 Å². The first kappa shape index (κ1) is 15.4. The van der Waals surface area contributed by atoms with Crippen molar-refractivity contribution < 1.29 is 9.59 Å². The maximum absolute atomic E-state index is 12.6. The van der Waals surface area contributed by atoms with Gasteiger partial charge in [0.05, 0.1) is 5.71 Å². The van der Waals surface area contributed by atoms with E-state index in [4.69, 9.17) is 0 Å². The fourth-order valence-corrected chi connectivity index (χ4v) is 4.10. The van der Waals surface area contributed by atoms with E-state index in [1.54, 1.807) is 4.90 Å². The third-order valence-corrected chi connectivity index (χ3v) is 6.24. The molecule has 0 saturated heterocycles. The zero-order chi connectivity index (χ0) is 17.2. The van der Waals surface area contributed by atoms with Gasteiger partial charge in [-0.2, -0.15) is 5.10 Å². The van der Waals surface area contributed by atoms with Crippen molar-refractivity contribution in [2.75, 3.05) is 11.9 Å². The molecule has 24 heavy (non-hydrogen) atoms. The highest BCUT2D eigenvalue weighted by Gasteiger charge is 2.49. The number of benzene rings is 1. The Morgan fingerprint density at radius 1 is 1.12 bits per heavy atom. The Labute approximate surface area is 142 Å². The first-order valence-electron chi connectivity index (χ1n) is 8.69. The molecular formula is C19H23N3O2. The second-order valence-electron chi connectivity index (χ2n) is 7.53. The normalized spacial score (nSPS) is 34.8. The summed E-state index contributed by atoms with van der Waals surface area (Å²) in [6, 6.07) is 6.23. The van der Waals surface area contributed by atoms with Crippen LogP contribution in [0.15, 0.2) is 23.3 Å². The van der Waals surface area contributed by atoms with Gasteiger partial charge in [0.2, 0.25) is 11.8 Å². The van der Waals surface area contributed by atoms with Gasteiger partial charge in [-0.15, -0.1) is 0 Å². The number of hydrogen-bond donors (Lipinski definition) is 1. The summed E-state index contributed by atoms with van der Waals surface area (Å²) >= 11 is 0.